The highest BCUT2D eigenvalue weighted by Crippen LogP contribution is 2.06. The Labute approximate surface area is 129 Å². The van der Waals surface area contributed by atoms with E-state index in [1.54, 1.807) is 0 Å². The molecule has 1 saturated heterocycles. The molecule has 2 N–H and O–H groups in total. The molecule has 1 unspecified atom stereocenters. The molecule has 0 saturated carbocycles. The van der Waals surface area contributed by atoms with Crippen LogP contribution in [0.1, 0.15) is 11.5 Å². The van der Waals surface area contributed by atoms with Crippen molar-refractivity contribution >= 4 is 18.0 Å². The molecule has 0 aromatic carbocycles. The number of hydrogen-bond acceptors (Lipinski definition) is 8. The maximum atomic E-state index is 11.4. The van der Waals surface area contributed by atoms with Gasteiger partial charge in [-0.2, -0.15) is 0 Å². The van der Waals surface area contributed by atoms with Crippen LogP contribution >= 0.6 is 0 Å². The highest BCUT2D eigenvalue weighted by atomic mass is 16.6. The Bertz CT molecular complexity index is 686. The fourth-order valence-corrected chi connectivity index (χ4v) is 1.66. The lowest BCUT2D eigenvalue weighted by Crippen LogP contribution is -2.31. The second-order valence-corrected chi connectivity index (χ2v) is 4.56. The highest BCUT2D eigenvalue weighted by molar-refractivity contribution is 5.91. The van der Waals surface area contributed by atoms with E-state index in [-0.39, 0.29) is 36.8 Å². The van der Waals surface area contributed by atoms with Crippen molar-refractivity contribution in [1.82, 2.24) is 10.6 Å². The molecular weight excluding hydrogens is 312 g/mol. The van der Waals surface area contributed by atoms with Gasteiger partial charge < -0.3 is 28.9 Å². The number of carbonyl (C=O) groups is 3. The summed E-state index contributed by atoms with van der Waals surface area (Å²) >= 11 is 0. The Hall–Kier alpha value is -3.04. The van der Waals surface area contributed by atoms with E-state index in [4.69, 9.17) is 9.47 Å². The number of rotatable bonds is 6. The summed E-state index contributed by atoms with van der Waals surface area (Å²) in [6, 6.07) is -0.634. The van der Waals surface area contributed by atoms with Crippen molar-refractivity contribution in [2.45, 2.75) is 19.6 Å². The van der Waals surface area contributed by atoms with Crippen molar-refractivity contribution in [1.29, 1.82) is 0 Å². The zero-order valence-corrected chi connectivity index (χ0v) is 12.1. The van der Waals surface area contributed by atoms with E-state index in [0.717, 1.165) is 12.2 Å². The van der Waals surface area contributed by atoms with Gasteiger partial charge in [0.1, 0.15) is 6.61 Å². The zero-order valence-electron chi connectivity index (χ0n) is 12.1. The first kappa shape index (κ1) is 16.3. The third-order valence-corrected chi connectivity index (χ3v) is 2.81. The maximum Gasteiger partial charge on any atom is 0.519 e. The fourth-order valence-electron chi connectivity index (χ4n) is 1.66. The minimum absolute atomic E-state index is 0.0175. The van der Waals surface area contributed by atoms with Crippen molar-refractivity contribution in [3.63, 3.8) is 0 Å². The van der Waals surface area contributed by atoms with Gasteiger partial charge in [-0.05, 0) is 6.92 Å². The molecule has 2 heterocycles. The summed E-state index contributed by atoms with van der Waals surface area (Å²) in [4.78, 5) is 44.4. The van der Waals surface area contributed by atoms with Gasteiger partial charge in [0.25, 0.3) is 0 Å². The zero-order chi connectivity index (χ0) is 16.8. The smallest absolute Gasteiger partial charge is 0.460 e. The van der Waals surface area contributed by atoms with Gasteiger partial charge in [-0.1, -0.05) is 0 Å². The van der Waals surface area contributed by atoms with Crippen molar-refractivity contribution in [2.75, 3.05) is 13.2 Å². The maximum absolute atomic E-state index is 11.4. The largest absolute Gasteiger partial charge is 0.519 e. The van der Waals surface area contributed by atoms with Crippen molar-refractivity contribution < 1.29 is 32.7 Å². The minimum atomic E-state index is -0.888. The van der Waals surface area contributed by atoms with Gasteiger partial charge >= 0.3 is 23.8 Å². The van der Waals surface area contributed by atoms with E-state index in [9.17, 15) is 19.2 Å². The lowest BCUT2D eigenvalue weighted by molar-refractivity contribution is -0.141. The van der Waals surface area contributed by atoms with Gasteiger partial charge in [0, 0.05) is 18.7 Å². The van der Waals surface area contributed by atoms with E-state index in [1.807, 2.05) is 0 Å². The van der Waals surface area contributed by atoms with Crippen LogP contribution in [0.15, 0.2) is 25.8 Å². The summed E-state index contributed by atoms with van der Waals surface area (Å²) in [5.74, 6) is -2.17. The third kappa shape index (κ3) is 5.02. The SMILES string of the molecule is Cc1oc(=O)oc1COC(=O)/C=C/C(=O)OCC1CNC(=O)N1. The molecule has 1 fully saturated rings. The van der Waals surface area contributed by atoms with E-state index in [2.05, 4.69) is 19.5 Å². The quantitative estimate of drug-likeness (QED) is 0.520. The molecule has 10 nitrogen and oxygen atoms in total. The van der Waals surface area contributed by atoms with Crippen LogP contribution in [0.25, 0.3) is 0 Å². The van der Waals surface area contributed by atoms with E-state index in [1.165, 1.54) is 6.92 Å². The lowest BCUT2D eigenvalue weighted by Gasteiger charge is -2.07. The molecule has 2 amide bonds. The van der Waals surface area contributed by atoms with Crippen molar-refractivity contribution in [2.24, 2.45) is 0 Å². The average molecular weight is 326 g/mol. The van der Waals surface area contributed by atoms with Gasteiger partial charge in [-0.3, -0.25) is 0 Å². The standard InChI is InChI=1S/C13H14N2O8/c1-7-9(23-13(19)22-7)6-21-11(17)3-2-10(16)20-5-8-4-14-12(18)15-8/h2-3,8H,4-6H2,1H3,(H2,14,15,18)/b3-2+. The number of urea groups is 1. The van der Waals surface area contributed by atoms with E-state index >= 15 is 0 Å². The molecule has 1 aliphatic heterocycles. The normalized spacial score (nSPS) is 16.9. The summed E-state index contributed by atoms with van der Waals surface area (Å²) in [7, 11) is 0. The number of amides is 2. The van der Waals surface area contributed by atoms with Crippen LogP contribution in [-0.2, 0) is 25.7 Å². The number of ether oxygens (including phenoxy) is 2. The van der Waals surface area contributed by atoms with Gasteiger partial charge in [0.15, 0.2) is 18.1 Å². The average Bonchev–Trinajstić information content (AvgIpc) is 3.06. The Morgan fingerprint density at radius 2 is 1.91 bits per heavy atom. The first-order chi connectivity index (χ1) is 10.9. The summed E-state index contributed by atoms with van der Waals surface area (Å²) in [6.45, 7) is 1.52. The number of carbonyl (C=O) groups excluding carboxylic acids is 3. The summed E-state index contributed by atoms with van der Waals surface area (Å²) in [5.41, 5.74) is 0. The Kier molecular flexibility index (Phi) is 5.18. The molecule has 1 aromatic rings. The molecule has 0 bridgehead atoms. The topological polar surface area (TPSA) is 137 Å². The van der Waals surface area contributed by atoms with Gasteiger partial charge in [0.2, 0.25) is 0 Å². The lowest BCUT2D eigenvalue weighted by atomic mass is 10.3. The molecule has 1 aromatic heterocycles. The van der Waals surface area contributed by atoms with Gasteiger partial charge in [-0.15, -0.1) is 0 Å². The minimum Gasteiger partial charge on any atom is -0.460 e. The second-order valence-electron chi connectivity index (χ2n) is 4.56. The van der Waals surface area contributed by atoms with Crippen molar-refractivity contribution in [3.8, 4) is 0 Å². The van der Waals surface area contributed by atoms with Crippen LogP contribution in [0.4, 0.5) is 4.79 Å². The second kappa shape index (κ2) is 7.29. The number of aryl methyl sites for hydroxylation is 1. The summed E-state index contributed by atoms with van der Waals surface area (Å²) in [6.07, 6.45) is 1.77. The van der Waals surface area contributed by atoms with Crippen LogP contribution < -0.4 is 16.5 Å². The molecule has 0 spiro atoms. The fraction of sp³-hybridized carbons (Fsp3) is 0.385. The van der Waals surface area contributed by atoms with Crippen LogP contribution in [0.5, 0.6) is 0 Å². The molecule has 10 heteroatoms. The molecule has 0 aliphatic carbocycles. The number of hydrogen-bond donors (Lipinski definition) is 2. The Morgan fingerprint density at radius 3 is 2.48 bits per heavy atom. The van der Waals surface area contributed by atoms with E-state index < -0.39 is 17.8 Å². The summed E-state index contributed by atoms with van der Waals surface area (Å²) in [5, 5.41) is 5.04. The Morgan fingerprint density at radius 1 is 1.22 bits per heavy atom. The predicted octanol–water partition coefficient (Wildman–Crippen LogP) is -0.635. The third-order valence-electron chi connectivity index (χ3n) is 2.81. The number of esters is 2. The van der Waals surface area contributed by atoms with Crippen LogP contribution in [-0.4, -0.2) is 37.2 Å². The van der Waals surface area contributed by atoms with Crippen molar-refractivity contribution in [3.05, 3.63) is 34.3 Å². The predicted molar refractivity (Wildman–Crippen MR) is 72.2 cm³/mol. The molecule has 23 heavy (non-hydrogen) atoms. The Balaban J connectivity index is 1.70. The van der Waals surface area contributed by atoms with Crippen LogP contribution in [0.2, 0.25) is 0 Å². The van der Waals surface area contributed by atoms with Gasteiger partial charge in [-0.25, -0.2) is 19.2 Å². The molecule has 1 aliphatic rings. The van der Waals surface area contributed by atoms with Gasteiger partial charge in [0.05, 0.1) is 6.04 Å². The molecular formula is C13H14N2O8. The number of nitrogens with one attached hydrogen (secondary N) is 2. The van der Waals surface area contributed by atoms with Crippen LogP contribution in [0, 0.1) is 6.92 Å². The first-order valence-corrected chi connectivity index (χ1v) is 6.59. The summed E-state index contributed by atoms with van der Waals surface area (Å²) < 4.78 is 18.8. The molecule has 2 rings (SSSR count). The van der Waals surface area contributed by atoms with E-state index in [0.29, 0.717) is 6.54 Å². The van der Waals surface area contributed by atoms with Crippen LogP contribution in [0.3, 0.4) is 0 Å². The first-order valence-electron chi connectivity index (χ1n) is 6.59. The molecule has 1 atom stereocenters. The molecule has 124 valence electrons. The molecule has 0 radical (unpaired) electrons. The highest BCUT2D eigenvalue weighted by Gasteiger charge is 2.20. The monoisotopic (exact) mass is 326 g/mol.